The molecule has 0 saturated heterocycles. The fourth-order valence-electron chi connectivity index (χ4n) is 1.56. The van der Waals surface area contributed by atoms with Crippen molar-refractivity contribution in [3.63, 3.8) is 0 Å². The number of hydrogen-bond acceptors (Lipinski definition) is 3. The molecule has 0 bridgehead atoms. The van der Waals surface area contributed by atoms with Crippen LogP contribution in [0.15, 0.2) is 18.2 Å². The number of hydrogen-bond donors (Lipinski definition) is 1. The van der Waals surface area contributed by atoms with Gasteiger partial charge in [0.1, 0.15) is 0 Å². The molecule has 0 spiro atoms. The molecule has 1 atom stereocenters. The van der Waals surface area contributed by atoms with Gasteiger partial charge < -0.3 is 15.2 Å². The number of rotatable bonds is 5. The van der Waals surface area contributed by atoms with E-state index in [2.05, 4.69) is 0 Å². The van der Waals surface area contributed by atoms with Gasteiger partial charge in [-0.15, -0.1) is 0 Å². The molecule has 0 aromatic heterocycles. The number of alkyl halides is 3. The second-order valence-electron chi connectivity index (χ2n) is 3.77. The van der Waals surface area contributed by atoms with E-state index in [-0.39, 0.29) is 0 Å². The molecule has 1 aromatic carbocycles. The Morgan fingerprint density at radius 2 is 1.94 bits per heavy atom. The van der Waals surface area contributed by atoms with Gasteiger partial charge in [0.05, 0.1) is 20.1 Å². The largest absolute Gasteiger partial charge is 0.493 e. The van der Waals surface area contributed by atoms with Crippen molar-refractivity contribution in [2.75, 3.05) is 13.7 Å². The summed E-state index contributed by atoms with van der Waals surface area (Å²) in [4.78, 5) is 0. The second kappa shape index (κ2) is 5.95. The van der Waals surface area contributed by atoms with Crippen LogP contribution >= 0.6 is 0 Å². The van der Waals surface area contributed by atoms with E-state index in [1.54, 1.807) is 6.07 Å². The quantitative estimate of drug-likeness (QED) is 0.888. The predicted octanol–water partition coefficient (Wildman–Crippen LogP) is 3.05. The van der Waals surface area contributed by atoms with Gasteiger partial charge in [0, 0.05) is 6.04 Å². The van der Waals surface area contributed by atoms with E-state index in [0.717, 1.165) is 0 Å². The lowest BCUT2D eigenvalue weighted by atomic mass is 10.0. The van der Waals surface area contributed by atoms with Crippen molar-refractivity contribution in [2.24, 2.45) is 5.73 Å². The summed E-state index contributed by atoms with van der Waals surface area (Å²) in [6.45, 7) is 2.26. The maximum absolute atomic E-state index is 12.2. The summed E-state index contributed by atoms with van der Waals surface area (Å²) in [6.07, 6.45) is -5.35. The summed E-state index contributed by atoms with van der Waals surface area (Å²) in [5.74, 6) is 0.870. The predicted molar refractivity (Wildman–Crippen MR) is 61.8 cm³/mol. The van der Waals surface area contributed by atoms with Crippen LogP contribution in [0.3, 0.4) is 0 Å². The van der Waals surface area contributed by atoms with Crippen LogP contribution in [0.5, 0.6) is 11.5 Å². The zero-order valence-electron chi connectivity index (χ0n) is 10.3. The molecule has 0 saturated carbocycles. The molecule has 0 fully saturated rings. The number of methoxy groups -OCH3 is 1. The molecule has 18 heavy (non-hydrogen) atoms. The van der Waals surface area contributed by atoms with E-state index < -0.39 is 18.6 Å². The molecule has 0 aliphatic rings. The normalized spacial score (nSPS) is 13.2. The summed E-state index contributed by atoms with van der Waals surface area (Å²) >= 11 is 0. The minimum Gasteiger partial charge on any atom is -0.493 e. The Hall–Kier alpha value is -1.43. The minimum atomic E-state index is -4.29. The molecule has 102 valence electrons. The van der Waals surface area contributed by atoms with Crippen molar-refractivity contribution in [3.8, 4) is 11.5 Å². The number of ether oxygens (including phenoxy) is 2. The standard InChI is InChI=1S/C12H16F3NO2/c1-3-18-10-5-4-8(6-11(10)17-2)9(16)7-12(13,14)15/h4-6,9H,3,7,16H2,1-2H3/t9-/m1/s1. The second-order valence-corrected chi connectivity index (χ2v) is 3.77. The van der Waals surface area contributed by atoms with Gasteiger partial charge in [-0.1, -0.05) is 6.07 Å². The van der Waals surface area contributed by atoms with Crippen LogP contribution in [-0.4, -0.2) is 19.9 Å². The van der Waals surface area contributed by atoms with E-state index in [4.69, 9.17) is 15.2 Å². The molecule has 0 aliphatic heterocycles. The molecule has 0 amide bonds. The summed E-state index contributed by atoms with van der Waals surface area (Å²) in [6, 6.07) is 3.45. The zero-order valence-corrected chi connectivity index (χ0v) is 10.3. The minimum absolute atomic E-state index is 0.368. The molecule has 0 unspecified atom stereocenters. The molecule has 0 aliphatic carbocycles. The van der Waals surface area contributed by atoms with Gasteiger partial charge in [0.25, 0.3) is 0 Å². The first kappa shape index (κ1) is 14.6. The SMILES string of the molecule is CCOc1ccc([C@H](N)CC(F)(F)F)cc1OC. The Morgan fingerprint density at radius 1 is 1.28 bits per heavy atom. The van der Waals surface area contributed by atoms with Crippen molar-refractivity contribution >= 4 is 0 Å². The molecule has 1 rings (SSSR count). The summed E-state index contributed by atoms with van der Waals surface area (Å²) in [5, 5.41) is 0. The Balaban J connectivity index is 2.91. The Kier molecular flexibility index (Phi) is 4.84. The topological polar surface area (TPSA) is 44.5 Å². The lowest BCUT2D eigenvalue weighted by molar-refractivity contribution is -0.138. The molecule has 6 heteroatoms. The average molecular weight is 263 g/mol. The first-order valence-electron chi connectivity index (χ1n) is 5.50. The van der Waals surface area contributed by atoms with Crippen molar-refractivity contribution in [3.05, 3.63) is 23.8 Å². The van der Waals surface area contributed by atoms with Crippen LogP contribution < -0.4 is 15.2 Å². The van der Waals surface area contributed by atoms with Crippen molar-refractivity contribution < 1.29 is 22.6 Å². The lowest BCUT2D eigenvalue weighted by Gasteiger charge is -2.16. The lowest BCUT2D eigenvalue weighted by Crippen LogP contribution is -2.20. The molecule has 0 radical (unpaired) electrons. The van der Waals surface area contributed by atoms with E-state index in [1.165, 1.54) is 19.2 Å². The summed E-state index contributed by atoms with van der Waals surface area (Å²) in [7, 11) is 1.43. The molecule has 2 N–H and O–H groups in total. The Labute approximate surface area is 104 Å². The van der Waals surface area contributed by atoms with Gasteiger partial charge >= 0.3 is 6.18 Å². The van der Waals surface area contributed by atoms with E-state index in [9.17, 15) is 13.2 Å². The van der Waals surface area contributed by atoms with Crippen LogP contribution in [-0.2, 0) is 0 Å². The molecule has 0 heterocycles. The van der Waals surface area contributed by atoms with Crippen LogP contribution in [0.25, 0.3) is 0 Å². The van der Waals surface area contributed by atoms with Gasteiger partial charge in [0.2, 0.25) is 0 Å². The molecular formula is C12H16F3NO2. The summed E-state index contributed by atoms with van der Waals surface area (Å²) < 4.78 is 47.0. The van der Waals surface area contributed by atoms with E-state index in [0.29, 0.717) is 23.7 Å². The maximum atomic E-state index is 12.2. The van der Waals surface area contributed by atoms with Gasteiger partial charge in [-0.05, 0) is 24.6 Å². The highest BCUT2D eigenvalue weighted by atomic mass is 19.4. The summed E-state index contributed by atoms with van der Waals surface area (Å²) in [5.41, 5.74) is 5.88. The third-order valence-corrected chi connectivity index (χ3v) is 2.37. The highest BCUT2D eigenvalue weighted by Gasteiger charge is 2.31. The Bertz CT molecular complexity index is 393. The van der Waals surface area contributed by atoms with Gasteiger partial charge in [-0.25, -0.2) is 0 Å². The zero-order chi connectivity index (χ0) is 13.8. The number of nitrogens with two attached hydrogens (primary N) is 1. The van der Waals surface area contributed by atoms with Crippen LogP contribution in [0.4, 0.5) is 13.2 Å². The van der Waals surface area contributed by atoms with Crippen molar-refractivity contribution in [1.29, 1.82) is 0 Å². The van der Waals surface area contributed by atoms with Gasteiger partial charge in [-0.3, -0.25) is 0 Å². The maximum Gasteiger partial charge on any atom is 0.390 e. The fraction of sp³-hybridized carbons (Fsp3) is 0.500. The Morgan fingerprint density at radius 3 is 2.44 bits per heavy atom. The highest BCUT2D eigenvalue weighted by Crippen LogP contribution is 2.33. The first-order chi connectivity index (χ1) is 8.37. The van der Waals surface area contributed by atoms with Crippen molar-refractivity contribution in [2.45, 2.75) is 25.6 Å². The van der Waals surface area contributed by atoms with E-state index >= 15 is 0 Å². The smallest absolute Gasteiger partial charge is 0.390 e. The molecule has 3 nitrogen and oxygen atoms in total. The molecular weight excluding hydrogens is 247 g/mol. The number of halogens is 3. The fourth-order valence-corrected chi connectivity index (χ4v) is 1.56. The third-order valence-electron chi connectivity index (χ3n) is 2.37. The van der Waals surface area contributed by atoms with Gasteiger partial charge in [-0.2, -0.15) is 13.2 Å². The first-order valence-corrected chi connectivity index (χ1v) is 5.50. The number of benzene rings is 1. The third kappa shape index (κ3) is 4.10. The van der Waals surface area contributed by atoms with Gasteiger partial charge in [0.15, 0.2) is 11.5 Å². The van der Waals surface area contributed by atoms with Crippen LogP contribution in [0.1, 0.15) is 24.9 Å². The molecule has 1 aromatic rings. The van der Waals surface area contributed by atoms with Crippen molar-refractivity contribution in [1.82, 2.24) is 0 Å². The van der Waals surface area contributed by atoms with Crippen LogP contribution in [0.2, 0.25) is 0 Å². The monoisotopic (exact) mass is 263 g/mol. The van der Waals surface area contributed by atoms with E-state index in [1.807, 2.05) is 6.92 Å². The highest BCUT2D eigenvalue weighted by molar-refractivity contribution is 5.43. The van der Waals surface area contributed by atoms with Crippen LogP contribution in [0, 0.1) is 0 Å². The average Bonchev–Trinajstić information content (AvgIpc) is 2.27.